The molecule has 0 aliphatic heterocycles. The Labute approximate surface area is 110 Å². The fraction of sp³-hybridized carbons (Fsp3) is 0.562. The van der Waals surface area contributed by atoms with E-state index in [1.165, 1.54) is 24.8 Å². The van der Waals surface area contributed by atoms with Gasteiger partial charge in [-0.05, 0) is 31.2 Å². The highest BCUT2D eigenvalue weighted by Crippen LogP contribution is 2.23. The third-order valence-corrected chi connectivity index (χ3v) is 3.76. The number of aryl methyl sites for hydroxylation is 1. The molecule has 0 aromatic heterocycles. The van der Waals surface area contributed by atoms with E-state index in [1.807, 2.05) is 6.07 Å². The number of carbonyl (C=O) groups is 1. The van der Waals surface area contributed by atoms with Gasteiger partial charge < -0.3 is 5.32 Å². The van der Waals surface area contributed by atoms with Crippen LogP contribution in [0.5, 0.6) is 0 Å². The molecule has 0 bridgehead atoms. The van der Waals surface area contributed by atoms with Crippen LogP contribution in [-0.4, -0.2) is 12.5 Å². The standard InChI is InChI=1S/C16H23NO/c18-16(15-11-5-2-6-12-15)17-13-7-10-14-8-3-1-4-9-14/h1,3-4,8-9,15H,2,5-7,10-13H2,(H,17,18). The average Bonchev–Trinajstić information content (AvgIpc) is 2.45. The Balaban J connectivity index is 1.61. The highest BCUT2D eigenvalue weighted by atomic mass is 16.1. The van der Waals surface area contributed by atoms with Crippen molar-refractivity contribution in [2.75, 3.05) is 6.54 Å². The lowest BCUT2D eigenvalue weighted by atomic mass is 9.88. The summed E-state index contributed by atoms with van der Waals surface area (Å²) in [4.78, 5) is 11.9. The highest BCUT2D eigenvalue weighted by Gasteiger charge is 2.20. The van der Waals surface area contributed by atoms with E-state index in [-0.39, 0.29) is 11.8 Å². The van der Waals surface area contributed by atoms with Crippen molar-refractivity contribution in [2.24, 2.45) is 5.92 Å². The summed E-state index contributed by atoms with van der Waals surface area (Å²) in [5.74, 6) is 0.568. The first-order valence-corrected chi connectivity index (χ1v) is 7.18. The van der Waals surface area contributed by atoms with Gasteiger partial charge in [-0.15, -0.1) is 0 Å². The first kappa shape index (κ1) is 13.1. The summed E-state index contributed by atoms with van der Waals surface area (Å²) in [6, 6.07) is 10.5. The van der Waals surface area contributed by atoms with Crippen LogP contribution in [0.4, 0.5) is 0 Å². The first-order chi connectivity index (χ1) is 8.86. The highest BCUT2D eigenvalue weighted by molar-refractivity contribution is 5.78. The van der Waals surface area contributed by atoms with Gasteiger partial charge >= 0.3 is 0 Å². The Hall–Kier alpha value is -1.31. The molecule has 0 unspecified atom stereocenters. The maximum atomic E-state index is 11.9. The monoisotopic (exact) mass is 245 g/mol. The number of benzene rings is 1. The number of nitrogens with one attached hydrogen (secondary N) is 1. The lowest BCUT2D eigenvalue weighted by Gasteiger charge is -2.20. The maximum absolute atomic E-state index is 11.9. The van der Waals surface area contributed by atoms with Gasteiger partial charge in [-0.3, -0.25) is 4.79 Å². The normalized spacial score (nSPS) is 16.4. The molecule has 1 aromatic carbocycles. The van der Waals surface area contributed by atoms with Crippen LogP contribution in [0.1, 0.15) is 44.1 Å². The predicted molar refractivity (Wildman–Crippen MR) is 74.3 cm³/mol. The second kappa shape index (κ2) is 7.20. The van der Waals surface area contributed by atoms with Crippen LogP contribution in [0.25, 0.3) is 0 Å². The van der Waals surface area contributed by atoms with Gasteiger partial charge in [0.2, 0.25) is 5.91 Å². The van der Waals surface area contributed by atoms with Gasteiger partial charge in [-0.25, -0.2) is 0 Å². The van der Waals surface area contributed by atoms with Crippen molar-refractivity contribution < 1.29 is 4.79 Å². The van der Waals surface area contributed by atoms with E-state index in [2.05, 4.69) is 29.6 Å². The van der Waals surface area contributed by atoms with Crippen LogP contribution in [0, 0.1) is 5.92 Å². The topological polar surface area (TPSA) is 29.1 Å². The lowest BCUT2D eigenvalue weighted by molar-refractivity contribution is -0.125. The molecule has 1 fully saturated rings. The molecule has 0 saturated heterocycles. The van der Waals surface area contributed by atoms with E-state index in [0.29, 0.717) is 0 Å². The summed E-state index contributed by atoms with van der Waals surface area (Å²) >= 11 is 0. The van der Waals surface area contributed by atoms with Gasteiger partial charge in [0.25, 0.3) is 0 Å². The third-order valence-electron chi connectivity index (χ3n) is 3.76. The first-order valence-electron chi connectivity index (χ1n) is 7.18. The molecule has 0 atom stereocenters. The zero-order valence-electron chi connectivity index (χ0n) is 11.0. The second-order valence-corrected chi connectivity index (χ2v) is 5.22. The third kappa shape index (κ3) is 4.17. The second-order valence-electron chi connectivity index (χ2n) is 5.22. The zero-order valence-corrected chi connectivity index (χ0v) is 11.0. The minimum absolute atomic E-state index is 0.280. The van der Waals surface area contributed by atoms with Crippen molar-refractivity contribution >= 4 is 5.91 Å². The minimum atomic E-state index is 0.280. The Morgan fingerprint density at radius 2 is 1.83 bits per heavy atom. The largest absolute Gasteiger partial charge is 0.356 e. The Morgan fingerprint density at radius 3 is 2.56 bits per heavy atom. The molecule has 1 amide bonds. The van der Waals surface area contributed by atoms with E-state index in [4.69, 9.17) is 0 Å². The molecule has 1 aliphatic carbocycles. The van der Waals surface area contributed by atoms with Gasteiger partial charge in [-0.1, -0.05) is 49.6 Å². The summed E-state index contributed by atoms with van der Waals surface area (Å²) in [6.07, 6.45) is 8.01. The van der Waals surface area contributed by atoms with Gasteiger partial charge in [-0.2, -0.15) is 0 Å². The number of rotatable bonds is 5. The molecule has 1 N–H and O–H groups in total. The number of amides is 1. The van der Waals surface area contributed by atoms with Crippen LogP contribution in [-0.2, 0) is 11.2 Å². The molecule has 2 rings (SSSR count). The number of carbonyl (C=O) groups excluding carboxylic acids is 1. The zero-order chi connectivity index (χ0) is 12.6. The summed E-state index contributed by atoms with van der Waals surface area (Å²) in [5.41, 5.74) is 1.35. The van der Waals surface area contributed by atoms with Crippen LogP contribution >= 0.6 is 0 Å². The lowest BCUT2D eigenvalue weighted by Crippen LogP contribution is -2.32. The molecule has 1 aliphatic rings. The number of hydrogen-bond acceptors (Lipinski definition) is 1. The maximum Gasteiger partial charge on any atom is 0.223 e. The number of hydrogen-bond donors (Lipinski definition) is 1. The summed E-state index contributed by atoms with van der Waals surface area (Å²) in [7, 11) is 0. The molecule has 1 saturated carbocycles. The van der Waals surface area contributed by atoms with E-state index in [0.717, 1.165) is 32.2 Å². The van der Waals surface area contributed by atoms with Crippen molar-refractivity contribution in [3.63, 3.8) is 0 Å². The van der Waals surface area contributed by atoms with E-state index in [9.17, 15) is 4.79 Å². The van der Waals surface area contributed by atoms with Gasteiger partial charge in [0, 0.05) is 12.5 Å². The summed E-state index contributed by atoms with van der Waals surface area (Å²) < 4.78 is 0. The minimum Gasteiger partial charge on any atom is -0.356 e. The van der Waals surface area contributed by atoms with Gasteiger partial charge in [0.1, 0.15) is 0 Å². The van der Waals surface area contributed by atoms with Crippen LogP contribution in [0.15, 0.2) is 30.3 Å². The molecule has 0 radical (unpaired) electrons. The van der Waals surface area contributed by atoms with Gasteiger partial charge in [0.05, 0.1) is 0 Å². The van der Waals surface area contributed by atoms with Gasteiger partial charge in [0.15, 0.2) is 0 Å². The van der Waals surface area contributed by atoms with E-state index in [1.54, 1.807) is 0 Å². The van der Waals surface area contributed by atoms with Crippen molar-refractivity contribution in [1.29, 1.82) is 0 Å². The molecule has 2 nitrogen and oxygen atoms in total. The Morgan fingerprint density at radius 1 is 1.11 bits per heavy atom. The molecule has 18 heavy (non-hydrogen) atoms. The van der Waals surface area contributed by atoms with Crippen molar-refractivity contribution in [2.45, 2.75) is 44.9 Å². The molecule has 0 spiro atoms. The van der Waals surface area contributed by atoms with Crippen LogP contribution < -0.4 is 5.32 Å². The predicted octanol–water partition coefficient (Wildman–Crippen LogP) is 3.32. The van der Waals surface area contributed by atoms with E-state index < -0.39 is 0 Å². The molecular formula is C16H23NO. The SMILES string of the molecule is O=C(NCCCc1ccccc1)C1CCCCC1. The molecule has 2 heteroatoms. The average molecular weight is 245 g/mol. The Kier molecular flexibility index (Phi) is 5.25. The van der Waals surface area contributed by atoms with Crippen LogP contribution in [0.2, 0.25) is 0 Å². The van der Waals surface area contributed by atoms with Crippen LogP contribution in [0.3, 0.4) is 0 Å². The summed E-state index contributed by atoms with van der Waals surface area (Å²) in [5, 5.41) is 3.08. The fourth-order valence-corrected chi connectivity index (χ4v) is 2.66. The molecule has 0 heterocycles. The fourth-order valence-electron chi connectivity index (χ4n) is 2.66. The smallest absolute Gasteiger partial charge is 0.223 e. The summed E-state index contributed by atoms with van der Waals surface area (Å²) in [6.45, 7) is 0.810. The Bertz CT molecular complexity index is 355. The van der Waals surface area contributed by atoms with E-state index >= 15 is 0 Å². The molecular weight excluding hydrogens is 222 g/mol. The molecule has 1 aromatic rings. The van der Waals surface area contributed by atoms with Crippen molar-refractivity contribution in [1.82, 2.24) is 5.32 Å². The van der Waals surface area contributed by atoms with Crippen molar-refractivity contribution in [3.05, 3.63) is 35.9 Å². The molecule has 98 valence electrons. The van der Waals surface area contributed by atoms with Crippen molar-refractivity contribution in [3.8, 4) is 0 Å². The quantitative estimate of drug-likeness (QED) is 0.792.